The summed E-state index contributed by atoms with van der Waals surface area (Å²) in [6, 6.07) is 0. The van der Waals surface area contributed by atoms with Crippen LogP contribution in [-0.4, -0.2) is 24.2 Å². The fourth-order valence-electron chi connectivity index (χ4n) is 4.34. The first-order valence-electron chi connectivity index (χ1n) is 8.79. The van der Waals surface area contributed by atoms with Crippen molar-refractivity contribution >= 4 is 0 Å². The zero-order valence-corrected chi connectivity index (χ0v) is 14.8. The summed E-state index contributed by atoms with van der Waals surface area (Å²) in [6.07, 6.45) is 8.15. The summed E-state index contributed by atoms with van der Waals surface area (Å²) in [7, 11) is 0. The summed E-state index contributed by atoms with van der Waals surface area (Å²) in [4.78, 5) is 0. The number of rotatable bonds is 8. The molecule has 0 aliphatic carbocycles. The summed E-state index contributed by atoms with van der Waals surface area (Å²) < 4.78 is 0. The Morgan fingerprint density at radius 2 is 1.65 bits per heavy atom. The monoisotopic (exact) mass is 282 g/mol. The van der Waals surface area contributed by atoms with Gasteiger partial charge in [-0.25, -0.2) is 0 Å². The molecule has 1 saturated heterocycles. The van der Waals surface area contributed by atoms with Crippen molar-refractivity contribution in [2.75, 3.05) is 13.1 Å². The van der Waals surface area contributed by atoms with Crippen LogP contribution in [0.5, 0.6) is 0 Å². The maximum absolute atomic E-state index is 3.81. The molecule has 0 aromatic carbocycles. The predicted octanol–water partition coefficient (Wildman–Crippen LogP) is 4.35. The van der Waals surface area contributed by atoms with Crippen molar-refractivity contribution in [1.82, 2.24) is 10.6 Å². The summed E-state index contributed by atoms with van der Waals surface area (Å²) in [6.45, 7) is 16.4. The third-order valence-corrected chi connectivity index (χ3v) is 4.84. The zero-order chi connectivity index (χ0) is 15.2. The van der Waals surface area contributed by atoms with Gasteiger partial charge in [0.2, 0.25) is 0 Å². The molecule has 0 amide bonds. The number of hydrogen-bond acceptors (Lipinski definition) is 2. The molecule has 120 valence electrons. The Morgan fingerprint density at radius 3 is 2.15 bits per heavy atom. The highest BCUT2D eigenvalue weighted by Crippen LogP contribution is 2.39. The lowest BCUT2D eigenvalue weighted by atomic mass is 9.69. The van der Waals surface area contributed by atoms with E-state index < -0.39 is 0 Å². The SMILES string of the molecule is CCNCCCCC(CC)C1CC(C)(C)NC(C)(C)C1. The highest BCUT2D eigenvalue weighted by atomic mass is 15.0. The molecule has 1 unspecified atom stereocenters. The van der Waals surface area contributed by atoms with Crippen LogP contribution in [0.4, 0.5) is 0 Å². The molecule has 0 spiro atoms. The van der Waals surface area contributed by atoms with E-state index in [0.29, 0.717) is 11.1 Å². The molecule has 0 bridgehead atoms. The van der Waals surface area contributed by atoms with Crippen LogP contribution >= 0.6 is 0 Å². The molecule has 2 nitrogen and oxygen atoms in total. The smallest absolute Gasteiger partial charge is 0.0132 e. The van der Waals surface area contributed by atoms with E-state index in [1.807, 2.05) is 0 Å². The second kappa shape index (κ2) is 7.79. The largest absolute Gasteiger partial charge is 0.317 e. The van der Waals surface area contributed by atoms with Gasteiger partial charge in [0.25, 0.3) is 0 Å². The van der Waals surface area contributed by atoms with Gasteiger partial charge in [-0.2, -0.15) is 0 Å². The van der Waals surface area contributed by atoms with Gasteiger partial charge in [0.1, 0.15) is 0 Å². The molecule has 0 aromatic rings. The lowest BCUT2D eigenvalue weighted by Crippen LogP contribution is -2.58. The molecule has 1 heterocycles. The highest BCUT2D eigenvalue weighted by molar-refractivity contribution is 4.98. The molecule has 20 heavy (non-hydrogen) atoms. The summed E-state index contributed by atoms with van der Waals surface area (Å²) >= 11 is 0. The molecule has 1 aliphatic rings. The Labute approximate surface area is 127 Å². The van der Waals surface area contributed by atoms with Crippen LogP contribution in [-0.2, 0) is 0 Å². The van der Waals surface area contributed by atoms with Gasteiger partial charge in [0, 0.05) is 11.1 Å². The molecule has 0 aromatic heterocycles. The van der Waals surface area contributed by atoms with Gasteiger partial charge in [0.15, 0.2) is 0 Å². The van der Waals surface area contributed by atoms with Gasteiger partial charge in [-0.1, -0.05) is 33.1 Å². The maximum atomic E-state index is 3.81. The summed E-state index contributed by atoms with van der Waals surface area (Å²) in [5.41, 5.74) is 0.590. The van der Waals surface area contributed by atoms with E-state index in [9.17, 15) is 0 Å². The minimum atomic E-state index is 0.295. The third kappa shape index (κ3) is 6.13. The minimum absolute atomic E-state index is 0.295. The maximum Gasteiger partial charge on any atom is 0.0132 e. The summed E-state index contributed by atoms with van der Waals surface area (Å²) in [5, 5.41) is 7.25. The molecule has 1 rings (SSSR count). The van der Waals surface area contributed by atoms with Gasteiger partial charge in [-0.3, -0.25) is 0 Å². The Bertz CT molecular complexity index is 255. The van der Waals surface area contributed by atoms with Crippen molar-refractivity contribution in [1.29, 1.82) is 0 Å². The van der Waals surface area contributed by atoms with E-state index in [1.165, 1.54) is 45.1 Å². The first-order valence-corrected chi connectivity index (χ1v) is 8.79. The average Bonchev–Trinajstić information content (AvgIpc) is 2.29. The first-order chi connectivity index (χ1) is 9.29. The molecular weight excluding hydrogens is 244 g/mol. The molecule has 0 saturated carbocycles. The van der Waals surface area contributed by atoms with Gasteiger partial charge in [0.05, 0.1) is 0 Å². The lowest BCUT2D eigenvalue weighted by molar-refractivity contribution is 0.0866. The summed E-state index contributed by atoms with van der Waals surface area (Å²) in [5.74, 6) is 1.81. The molecular formula is C18H38N2. The van der Waals surface area contributed by atoms with Gasteiger partial charge >= 0.3 is 0 Å². The van der Waals surface area contributed by atoms with Crippen molar-refractivity contribution in [2.24, 2.45) is 11.8 Å². The van der Waals surface area contributed by atoms with Crippen LogP contribution in [0.2, 0.25) is 0 Å². The minimum Gasteiger partial charge on any atom is -0.317 e. The quantitative estimate of drug-likeness (QED) is 0.647. The molecule has 0 radical (unpaired) electrons. The van der Waals surface area contributed by atoms with Crippen LogP contribution in [0.15, 0.2) is 0 Å². The van der Waals surface area contributed by atoms with Crippen molar-refractivity contribution < 1.29 is 0 Å². The molecule has 2 heteroatoms. The second-order valence-corrected chi connectivity index (χ2v) is 8.08. The topological polar surface area (TPSA) is 24.1 Å². The molecule has 1 fully saturated rings. The Balaban J connectivity index is 2.47. The van der Waals surface area contributed by atoms with Crippen LogP contribution in [0.1, 0.15) is 80.1 Å². The van der Waals surface area contributed by atoms with Crippen LogP contribution in [0.25, 0.3) is 0 Å². The van der Waals surface area contributed by atoms with Crippen molar-refractivity contribution in [3.05, 3.63) is 0 Å². The predicted molar refractivity (Wildman–Crippen MR) is 90.2 cm³/mol. The first kappa shape index (κ1) is 18.0. The van der Waals surface area contributed by atoms with E-state index in [1.54, 1.807) is 0 Å². The third-order valence-electron chi connectivity index (χ3n) is 4.84. The normalized spacial score (nSPS) is 23.7. The van der Waals surface area contributed by atoms with Gasteiger partial charge < -0.3 is 10.6 Å². The van der Waals surface area contributed by atoms with E-state index in [-0.39, 0.29) is 0 Å². The van der Waals surface area contributed by atoms with Crippen LogP contribution < -0.4 is 10.6 Å². The van der Waals surface area contributed by atoms with Gasteiger partial charge in [-0.15, -0.1) is 0 Å². The van der Waals surface area contributed by atoms with Crippen LogP contribution in [0, 0.1) is 11.8 Å². The van der Waals surface area contributed by atoms with E-state index in [0.717, 1.165) is 18.4 Å². The van der Waals surface area contributed by atoms with Crippen molar-refractivity contribution in [2.45, 2.75) is 91.1 Å². The fourth-order valence-corrected chi connectivity index (χ4v) is 4.34. The lowest BCUT2D eigenvalue weighted by Gasteiger charge is -2.48. The average molecular weight is 283 g/mol. The number of piperidine rings is 1. The van der Waals surface area contributed by atoms with E-state index in [2.05, 4.69) is 52.2 Å². The molecule has 1 atom stereocenters. The number of hydrogen-bond donors (Lipinski definition) is 2. The van der Waals surface area contributed by atoms with E-state index >= 15 is 0 Å². The highest BCUT2D eigenvalue weighted by Gasteiger charge is 2.39. The van der Waals surface area contributed by atoms with Crippen molar-refractivity contribution in [3.8, 4) is 0 Å². The molecule has 2 N–H and O–H groups in total. The van der Waals surface area contributed by atoms with Crippen molar-refractivity contribution in [3.63, 3.8) is 0 Å². The van der Waals surface area contributed by atoms with Crippen LogP contribution in [0.3, 0.4) is 0 Å². The molecule has 1 aliphatic heterocycles. The standard InChI is InChI=1S/C18H38N2/c1-7-15(11-9-10-12-19-8-2)16-13-17(3,4)20-18(5,6)14-16/h15-16,19-20H,7-14H2,1-6H3. The number of nitrogens with one attached hydrogen (secondary N) is 2. The number of unbranched alkanes of at least 4 members (excludes halogenated alkanes) is 1. The van der Waals surface area contributed by atoms with Gasteiger partial charge in [-0.05, 0) is 71.9 Å². The van der Waals surface area contributed by atoms with E-state index in [4.69, 9.17) is 0 Å². The Kier molecular flexibility index (Phi) is 7.00. The Morgan fingerprint density at radius 1 is 1.05 bits per heavy atom. The zero-order valence-electron chi connectivity index (χ0n) is 14.8. The Hall–Kier alpha value is -0.0800. The second-order valence-electron chi connectivity index (χ2n) is 8.08. The fraction of sp³-hybridized carbons (Fsp3) is 1.00.